The maximum absolute atomic E-state index is 13.4. The molecular weight excluding hydrogens is 193 g/mol. The van der Waals surface area contributed by atoms with Crippen molar-refractivity contribution >= 4 is 0 Å². The molecule has 0 bridgehead atoms. The Morgan fingerprint density at radius 1 is 1.47 bits per heavy atom. The van der Waals surface area contributed by atoms with Crippen LogP contribution in [0.25, 0.3) is 0 Å². The monoisotopic (exact) mass is 209 g/mol. The third-order valence-corrected chi connectivity index (χ3v) is 2.72. The summed E-state index contributed by atoms with van der Waals surface area (Å²) >= 11 is 0. The standard InChI is InChI=1S/C12H16FNO/c1-3-7-14-11-8(2)15-12-9(11)5-4-6-10(12)13/h4-6,8,11,14H,3,7H2,1-2H3. The Kier molecular flexibility index (Phi) is 2.91. The van der Waals surface area contributed by atoms with Crippen molar-refractivity contribution in [1.82, 2.24) is 5.32 Å². The van der Waals surface area contributed by atoms with Gasteiger partial charge in [0, 0.05) is 5.56 Å². The highest BCUT2D eigenvalue weighted by molar-refractivity contribution is 5.41. The number of benzene rings is 1. The zero-order valence-electron chi connectivity index (χ0n) is 9.09. The Morgan fingerprint density at radius 3 is 3.00 bits per heavy atom. The smallest absolute Gasteiger partial charge is 0.165 e. The van der Waals surface area contributed by atoms with Gasteiger partial charge in [-0.05, 0) is 26.0 Å². The summed E-state index contributed by atoms with van der Waals surface area (Å²) in [6.45, 7) is 5.00. The third kappa shape index (κ3) is 1.84. The molecule has 1 aromatic carbocycles. The molecule has 1 aliphatic heterocycles. The van der Waals surface area contributed by atoms with E-state index in [9.17, 15) is 4.39 Å². The quantitative estimate of drug-likeness (QED) is 0.826. The summed E-state index contributed by atoms with van der Waals surface area (Å²) in [7, 11) is 0. The molecule has 15 heavy (non-hydrogen) atoms. The lowest BCUT2D eigenvalue weighted by Crippen LogP contribution is -2.29. The van der Waals surface area contributed by atoms with E-state index >= 15 is 0 Å². The van der Waals surface area contributed by atoms with Crippen LogP contribution in [-0.2, 0) is 0 Å². The fraction of sp³-hybridized carbons (Fsp3) is 0.500. The summed E-state index contributed by atoms with van der Waals surface area (Å²) in [5.74, 6) is 0.152. The molecule has 0 fully saturated rings. The molecule has 0 radical (unpaired) electrons. The molecule has 0 aliphatic carbocycles. The third-order valence-electron chi connectivity index (χ3n) is 2.72. The van der Waals surface area contributed by atoms with E-state index in [2.05, 4.69) is 12.2 Å². The molecule has 1 aliphatic rings. The number of nitrogens with one attached hydrogen (secondary N) is 1. The van der Waals surface area contributed by atoms with Gasteiger partial charge in [-0.3, -0.25) is 0 Å². The van der Waals surface area contributed by atoms with E-state index in [1.54, 1.807) is 6.07 Å². The van der Waals surface area contributed by atoms with E-state index < -0.39 is 0 Å². The van der Waals surface area contributed by atoms with Crippen molar-refractivity contribution in [3.63, 3.8) is 0 Å². The number of ether oxygens (including phenoxy) is 1. The fourth-order valence-corrected chi connectivity index (χ4v) is 1.98. The Bertz CT molecular complexity index is 353. The van der Waals surface area contributed by atoms with Crippen molar-refractivity contribution in [2.45, 2.75) is 32.4 Å². The molecule has 1 aromatic rings. The number of hydrogen-bond acceptors (Lipinski definition) is 2. The minimum atomic E-state index is -0.264. The summed E-state index contributed by atoms with van der Waals surface area (Å²) < 4.78 is 18.9. The van der Waals surface area contributed by atoms with Gasteiger partial charge in [0.15, 0.2) is 11.6 Å². The van der Waals surface area contributed by atoms with E-state index in [0.717, 1.165) is 18.5 Å². The highest BCUT2D eigenvalue weighted by Crippen LogP contribution is 2.38. The number of rotatable bonds is 3. The van der Waals surface area contributed by atoms with Crippen LogP contribution in [0, 0.1) is 5.82 Å². The lowest BCUT2D eigenvalue weighted by Gasteiger charge is -2.15. The molecule has 0 aromatic heterocycles. The van der Waals surface area contributed by atoms with E-state index in [0.29, 0.717) is 5.75 Å². The SMILES string of the molecule is CCCNC1c2cccc(F)c2OC1C. The van der Waals surface area contributed by atoms with Gasteiger partial charge in [0.05, 0.1) is 6.04 Å². The van der Waals surface area contributed by atoms with Crippen LogP contribution in [0.15, 0.2) is 18.2 Å². The van der Waals surface area contributed by atoms with Crippen LogP contribution in [-0.4, -0.2) is 12.6 Å². The van der Waals surface area contributed by atoms with Crippen LogP contribution >= 0.6 is 0 Å². The molecule has 1 N–H and O–H groups in total. The number of para-hydroxylation sites is 1. The van der Waals surface area contributed by atoms with Crippen LogP contribution < -0.4 is 10.1 Å². The minimum absolute atomic E-state index is 0.00319. The number of fused-ring (bicyclic) bond motifs is 1. The summed E-state index contributed by atoms with van der Waals surface area (Å²) in [4.78, 5) is 0. The van der Waals surface area contributed by atoms with Crippen molar-refractivity contribution in [2.75, 3.05) is 6.54 Å². The second kappa shape index (κ2) is 4.19. The maximum Gasteiger partial charge on any atom is 0.165 e. The van der Waals surface area contributed by atoms with Crippen LogP contribution in [0.3, 0.4) is 0 Å². The zero-order valence-corrected chi connectivity index (χ0v) is 9.09. The van der Waals surface area contributed by atoms with Crippen molar-refractivity contribution in [1.29, 1.82) is 0 Å². The molecule has 0 saturated carbocycles. The number of halogens is 1. The van der Waals surface area contributed by atoms with Crippen molar-refractivity contribution in [2.24, 2.45) is 0 Å². The molecule has 1 heterocycles. The number of hydrogen-bond donors (Lipinski definition) is 1. The molecule has 0 spiro atoms. The van der Waals surface area contributed by atoms with Crippen molar-refractivity contribution < 1.29 is 9.13 Å². The Labute approximate surface area is 89.4 Å². The highest BCUT2D eigenvalue weighted by atomic mass is 19.1. The molecule has 82 valence electrons. The van der Waals surface area contributed by atoms with Crippen LogP contribution in [0.4, 0.5) is 4.39 Å². The van der Waals surface area contributed by atoms with Gasteiger partial charge >= 0.3 is 0 Å². The van der Waals surface area contributed by atoms with Gasteiger partial charge in [-0.25, -0.2) is 4.39 Å². The lowest BCUT2D eigenvalue weighted by molar-refractivity contribution is 0.203. The average Bonchev–Trinajstić information content (AvgIpc) is 2.54. The lowest BCUT2D eigenvalue weighted by atomic mass is 10.0. The molecule has 2 rings (SSSR count). The van der Waals surface area contributed by atoms with E-state index in [4.69, 9.17) is 4.74 Å². The predicted molar refractivity (Wildman–Crippen MR) is 57.5 cm³/mol. The summed E-state index contributed by atoms with van der Waals surface area (Å²) in [5.41, 5.74) is 0.941. The topological polar surface area (TPSA) is 21.3 Å². The van der Waals surface area contributed by atoms with Gasteiger partial charge in [-0.1, -0.05) is 19.1 Å². The first-order chi connectivity index (χ1) is 7.24. The first-order valence-corrected chi connectivity index (χ1v) is 5.42. The second-order valence-electron chi connectivity index (χ2n) is 3.91. The molecule has 2 nitrogen and oxygen atoms in total. The molecule has 2 unspecified atom stereocenters. The highest BCUT2D eigenvalue weighted by Gasteiger charge is 2.32. The Morgan fingerprint density at radius 2 is 2.27 bits per heavy atom. The molecule has 0 saturated heterocycles. The second-order valence-corrected chi connectivity index (χ2v) is 3.91. The van der Waals surface area contributed by atoms with Crippen LogP contribution in [0.2, 0.25) is 0 Å². The molecule has 3 heteroatoms. The Balaban J connectivity index is 2.25. The van der Waals surface area contributed by atoms with Crippen LogP contribution in [0.5, 0.6) is 5.75 Å². The Hall–Kier alpha value is -1.09. The first kappa shape index (κ1) is 10.4. The van der Waals surface area contributed by atoms with E-state index in [1.807, 2.05) is 13.0 Å². The van der Waals surface area contributed by atoms with Crippen LogP contribution in [0.1, 0.15) is 31.9 Å². The van der Waals surface area contributed by atoms with Gasteiger partial charge in [0.25, 0.3) is 0 Å². The van der Waals surface area contributed by atoms with Gasteiger partial charge in [0.2, 0.25) is 0 Å². The van der Waals surface area contributed by atoms with E-state index in [-0.39, 0.29) is 18.0 Å². The predicted octanol–water partition coefficient (Wildman–Crippen LogP) is 2.65. The van der Waals surface area contributed by atoms with Crippen molar-refractivity contribution in [3.05, 3.63) is 29.6 Å². The molecule has 0 amide bonds. The fourth-order valence-electron chi connectivity index (χ4n) is 1.98. The van der Waals surface area contributed by atoms with Gasteiger partial charge in [-0.15, -0.1) is 0 Å². The zero-order chi connectivity index (χ0) is 10.8. The minimum Gasteiger partial charge on any atom is -0.485 e. The average molecular weight is 209 g/mol. The van der Waals surface area contributed by atoms with E-state index in [1.165, 1.54) is 6.07 Å². The van der Waals surface area contributed by atoms with Gasteiger partial charge in [-0.2, -0.15) is 0 Å². The normalized spacial score (nSPS) is 23.7. The van der Waals surface area contributed by atoms with Crippen molar-refractivity contribution in [3.8, 4) is 5.75 Å². The van der Waals surface area contributed by atoms with Gasteiger partial charge in [0.1, 0.15) is 6.10 Å². The molecular formula is C12H16FNO. The first-order valence-electron chi connectivity index (χ1n) is 5.42. The summed E-state index contributed by atoms with van der Waals surface area (Å²) in [6.07, 6.45) is 1.07. The van der Waals surface area contributed by atoms with Gasteiger partial charge < -0.3 is 10.1 Å². The largest absolute Gasteiger partial charge is 0.485 e. The maximum atomic E-state index is 13.4. The summed E-state index contributed by atoms with van der Waals surface area (Å²) in [6, 6.07) is 5.22. The molecule has 2 atom stereocenters. The summed E-state index contributed by atoms with van der Waals surface area (Å²) in [5, 5.41) is 3.37.